The maximum absolute atomic E-state index is 12.2. The van der Waals surface area contributed by atoms with Crippen molar-refractivity contribution >= 4 is 69.9 Å². The number of fused-ring (bicyclic) bond motifs is 1. The van der Waals surface area contributed by atoms with Crippen LogP contribution >= 0.6 is 38.6 Å². The molecule has 1 aromatic carbocycles. The molecule has 10 heteroatoms. The predicted octanol–water partition coefficient (Wildman–Crippen LogP) is 3.63. The number of halogens is 1. The van der Waals surface area contributed by atoms with Gasteiger partial charge in [-0.1, -0.05) is 29.5 Å². The minimum atomic E-state index is -3.91. The Bertz CT molecular complexity index is 916. The summed E-state index contributed by atoms with van der Waals surface area (Å²) >= 11 is 5.50. The number of urea groups is 1. The van der Waals surface area contributed by atoms with Crippen molar-refractivity contribution in [1.82, 2.24) is 9.71 Å². The molecule has 3 rings (SSSR count). The third-order valence-corrected chi connectivity index (χ3v) is 6.91. The average molecular weight is 418 g/mol. The van der Waals surface area contributed by atoms with Crippen LogP contribution in [0.3, 0.4) is 0 Å². The van der Waals surface area contributed by atoms with Crippen molar-refractivity contribution in [2.24, 2.45) is 0 Å². The second kappa shape index (κ2) is 5.95. The Morgan fingerprint density at radius 3 is 2.68 bits per heavy atom. The molecule has 0 unspecified atom stereocenters. The maximum atomic E-state index is 12.2. The largest absolute Gasteiger partial charge is 0.334 e. The van der Waals surface area contributed by atoms with Gasteiger partial charge in [0.05, 0.1) is 9.98 Å². The van der Waals surface area contributed by atoms with Crippen LogP contribution in [0.2, 0.25) is 0 Å². The van der Waals surface area contributed by atoms with Crippen LogP contribution in [-0.2, 0) is 10.0 Å². The minimum Gasteiger partial charge on any atom is -0.283 e. The number of carbonyl (C=O) groups is 1. The van der Waals surface area contributed by atoms with Crippen LogP contribution in [-0.4, -0.2) is 19.4 Å². The average Bonchev–Trinajstić information content (AvgIpc) is 3.04. The molecule has 0 radical (unpaired) electrons. The van der Waals surface area contributed by atoms with Crippen LogP contribution in [0.1, 0.15) is 0 Å². The number of aromatic nitrogens is 1. The molecule has 0 aliphatic heterocycles. The third-order valence-electron chi connectivity index (χ3n) is 2.59. The number of thiazole rings is 1. The number of hydrogen-bond acceptors (Lipinski definition) is 6. The fourth-order valence-electron chi connectivity index (χ4n) is 1.70. The number of rotatable bonds is 3. The topological polar surface area (TPSA) is 88.2 Å². The molecule has 114 valence electrons. The Morgan fingerprint density at radius 2 is 2.00 bits per heavy atom. The van der Waals surface area contributed by atoms with Crippen LogP contribution in [0.25, 0.3) is 10.1 Å². The van der Waals surface area contributed by atoms with Gasteiger partial charge in [-0.05, 0) is 33.4 Å². The summed E-state index contributed by atoms with van der Waals surface area (Å²) in [4.78, 5) is 15.7. The van der Waals surface area contributed by atoms with Gasteiger partial charge in [-0.15, -0.1) is 11.3 Å². The summed E-state index contributed by atoms with van der Waals surface area (Å²) < 4.78 is 28.1. The SMILES string of the molecule is O=C(Nc1ncc(Br)s1)NS(=O)(=O)c1cc2ccccc2s1. The standard InChI is InChI=1S/C12H8BrN3O3S3/c13-9-6-14-12(21-9)15-11(17)16-22(18,19)10-5-7-3-1-2-4-8(7)20-10/h1-6H,(H2,14,15,16,17). The number of amides is 2. The molecule has 0 aliphatic rings. The van der Waals surface area contributed by atoms with E-state index in [-0.39, 0.29) is 4.21 Å². The molecule has 3 aromatic rings. The first-order valence-corrected chi connectivity index (χ1v) is 9.79. The minimum absolute atomic E-state index is 0.0872. The van der Waals surface area contributed by atoms with Crippen LogP contribution in [0.4, 0.5) is 9.93 Å². The van der Waals surface area contributed by atoms with Crippen LogP contribution in [0.5, 0.6) is 0 Å². The van der Waals surface area contributed by atoms with Gasteiger partial charge in [0.25, 0.3) is 10.0 Å². The highest BCUT2D eigenvalue weighted by atomic mass is 79.9. The van der Waals surface area contributed by atoms with Gasteiger partial charge in [-0.25, -0.2) is 22.9 Å². The summed E-state index contributed by atoms with van der Waals surface area (Å²) in [6, 6.07) is 7.99. The lowest BCUT2D eigenvalue weighted by Crippen LogP contribution is -2.33. The summed E-state index contributed by atoms with van der Waals surface area (Å²) in [7, 11) is -3.91. The van der Waals surface area contributed by atoms with Crippen LogP contribution in [0.15, 0.2) is 44.5 Å². The van der Waals surface area contributed by atoms with E-state index in [9.17, 15) is 13.2 Å². The van der Waals surface area contributed by atoms with E-state index in [1.165, 1.54) is 23.6 Å². The fraction of sp³-hybridized carbons (Fsp3) is 0. The van der Waals surface area contributed by atoms with Gasteiger partial charge in [0.2, 0.25) is 0 Å². The molecule has 0 aliphatic carbocycles. The van der Waals surface area contributed by atoms with Crippen molar-refractivity contribution in [2.45, 2.75) is 4.21 Å². The molecule has 2 aromatic heterocycles. The van der Waals surface area contributed by atoms with E-state index in [4.69, 9.17) is 0 Å². The van der Waals surface area contributed by atoms with Crippen molar-refractivity contribution in [3.8, 4) is 0 Å². The van der Waals surface area contributed by atoms with Crippen molar-refractivity contribution in [3.63, 3.8) is 0 Å². The number of nitrogens with zero attached hydrogens (tertiary/aromatic N) is 1. The van der Waals surface area contributed by atoms with Gasteiger partial charge in [0.15, 0.2) is 5.13 Å². The zero-order chi connectivity index (χ0) is 15.7. The molecule has 0 bridgehead atoms. The summed E-state index contributed by atoms with van der Waals surface area (Å²) in [6.07, 6.45) is 1.51. The molecule has 0 spiro atoms. The van der Waals surface area contributed by atoms with E-state index in [0.29, 0.717) is 5.13 Å². The molecule has 0 saturated carbocycles. The molecule has 22 heavy (non-hydrogen) atoms. The lowest BCUT2D eigenvalue weighted by Gasteiger charge is -2.04. The van der Waals surface area contributed by atoms with Crippen LogP contribution < -0.4 is 10.0 Å². The van der Waals surface area contributed by atoms with Gasteiger partial charge in [-0.3, -0.25) is 5.32 Å². The monoisotopic (exact) mass is 417 g/mol. The number of nitrogens with one attached hydrogen (secondary N) is 2. The van der Waals surface area contributed by atoms with E-state index in [2.05, 4.69) is 26.2 Å². The van der Waals surface area contributed by atoms with E-state index in [0.717, 1.165) is 25.2 Å². The molecular formula is C12H8BrN3O3S3. The molecule has 2 N–H and O–H groups in total. The second-order valence-electron chi connectivity index (χ2n) is 4.13. The van der Waals surface area contributed by atoms with Crippen LogP contribution in [0, 0.1) is 0 Å². The zero-order valence-corrected chi connectivity index (χ0v) is 14.8. The Hall–Kier alpha value is -1.49. The first-order chi connectivity index (χ1) is 10.4. The van der Waals surface area contributed by atoms with Gasteiger partial charge in [0, 0.05) is 4.70 Å². The smallest absolute Gasteiger partial charge is 0.283 e. The lowest BCUT2D eigenvalue weighted by atomic mass is 10.3. The van der Waals surface area contributed by atoms with Crippen molar-refractivity contribution in [2.75, 3.05) is 5.32 Å². The third kappa shape index (κ3) is 3.29. The highest BCUT2D eigenvalue weighted by Gasteiger charge is 2.20. The molecular weight excluding hydrogens is 410 g/mol. The number of sulfonamides is 1. The van der Waals surface area contributed by atoms with Crippen molar-refractivity contribution in [1.29, 1.82) is 0 Å². The lowest BCUT2D eigenvalue weighted by molar-refractivity contribution is 0.256. The Labute approximate surface area is 142 Å². The fourth-order valence-corrected chi connectivity index (χ4v) is 5.10. The Morgan fingerprint density at radius 1 is 1.23 bits per heavy atom. The van der Waals surface area contributed by atoms with Gasteiger partial charge >= 0.3 is 6.03 Å². The van der Waals surface area contributed by atoms with E-state index < -0.39 is 16.1 Å². The van der Waals surface area contributed by atoms with Gasteiger partial charge in [0.1, 0.15) is 4.21 Å². The predicted molar refractivity (Wildman–Crippen MR) is 91.0 cm³/mol. The molecule has 2 amide bonds. The quantitative estimate of drug-likeness (QED) is 0.680. The highest BCUT2D eigenvalue weighted by Crippen LogP contribution is 2.28. The van der Waals surface area contributed by atoms with Gasteiger partial charge in [-0.2, -0.15) is 0 Å². The highest BCUT2D eigenvalue weighted by molar-refractivity contribution is 9.11. The number of thiophene rings is 1. The molecule has 2 heterocycles. The summed E-state index contributed by atoms with van der Waals surface area (Å²) in [5, 5.41) is 3.49. The Kier molecular flexibility index (Phi) is 4.17. The maximum Gasteiger partial charge on any atom is 0.334 e. The first-order valence-electron chi connectivity index (χ1n) is 5.88. The molecule has 0 saturated heterocycles. The van der Waals surface area contributed by atoms with E-state index in [1.54, 1.807) is 0 Å². The zero-order valence-electron chi connectivity index (χ0n) is 10.7. The van der Waals surface area contributed by atoms with Gasteiger partial charge < -0.3 is 0 Å². The van der Waals surface area contributed by atoms with E-state index in [1.807, 2.05) is 29.0 Å². The number of anilines is 1. The first kappa shape index (κ1) is 15.4. The summed E-state index contributed by atoms with van der Waals surface area (Å²) in [6.45, 7) is 0. The summed E-state index contributed by atoms with van der Waals surface area (Å²) in [5.74, 6) is 0. The molecule has 6 nitrogen and oxygen atoms in total. The Balaban J connectivity index is 1.79. The number of hydrogen-bond donors (Lipinski definition) is 2. The van der Waals surface area contributed by atoms with Crippen molar-refractivity contribution in [3.05, 3.63) is 40.3 Å². The number of carbonyl (C=O) groups excluding carboxylic acids is 1. The second-order valence-corrected chi connectivity index (χ2v) is 9.54. The van der Waals surface area contributed by atoms with Crippen molar-refractivity contribution < 1.29 is 13.2 Å². The summed E-state index contributed by atoms with van der Waals surface area (Å²) in [5.41, 5.74) is 0. The van der Waals surface area contributed by atoms with E-state index >= 15 is 0 Å². The molecule has 0 fully saturated rings. The molecule has 0 atom stereocenters. The normalized spacial score (nSPS) is 11.5. The number of benzene rings is 1.